The van der Waals surface area contributed by atoms with E-state index in [1.165, 1.54) is 0 Å². The molecule has 0 bridgehead atoms. The topological polar surface area (TPSA) is 18.8 Å². The molecule has 0 amide bonds. The molecule has 0 saturated carbocycles. The lowest BCUT2D eigenvalue weighted by atomic mass is 10.2. The van der Waals surface area contributed by atoms with Crippen LogP contribution >= 0.6 is 58.0 Å². The van der Waals surface area contributed by atoms with Gasteiger partial charge in [-0.1, -0.05) is 71.3 Å². The van der Waals surface area contributed by atoms with E-state index >= 15 is 0 Å². The van der Waals surface area contributed by atoms with Crippen LogP contribution in [-0.2, 0) is 0 Å². The Morgan fingerprint density at radius 2 is 1.78 bits per heavy atom. The zero-order chi connectivity index (χ0) is 14.0. The normalized spacial score (nSPS) is 20.9. The van der Waals surface area contributed by atoms with Crippen LogP contribution in [-0.4, -0.2) is 43.6 Å². The Bertz CT molecular complexity index is 302. The van der Waals surface area contributed by atoms with Gasteiger partial charge >= 0.3 is 0 Å². The summed E-state index contributed by atoms with van der Waals surface area (Å²) in [6.45, 7) is 5.44. The third kappa shape index (κ3) is 3.43. The Morgan fingerprint density at radius 1 is 1.17 bits per heavy atom. The van der Waals surface area contributed by atoms with Crippen LogP contribution in [0.3, 0.4) is 0 Å². The summed E-state index contributed by atoms with van der Waals surface area (Å²) in [7, 11) is 0. The highest BCUT2D eigenvalue weighted by molar-refractivity contribution is 6.75. The van der Waals surface area contributed by atoms with Gasteiger partial charge in [0, 0.05) is 13.1 Å². The maximum Gasteiger partial charge on any atom is 0.227 e. The average Bonchev–Trinajstić information content (AvgIpc) is 2.68. The van der Waals surface area contributed by atoms with E-state index < -0.39 is 14.3 Å². The Kier molecular flexibility index (Phi) is 6.01. The molecular formula is C10H16Cl5N3. The van der Waals surface area contributed by atoms with Gasteiger partial charge in [0.25, 0.3) is 0 Å². The zero-order valence-corrected chi connectivity index (χ0v) is 14.0. The van der Waals surface area contributed by atoms with Gasteiger partial charge in [-0.2, -0.15) is 5.10 Å². The summed E-state index contributed by atoms with van der Waals surface area (Å²) in [4.78, 5) is 1.91. The molecule has 0 aromatic rings. The van der Waals surface area contributed by atoms with E-state index in [1.807, 2.05) is 11.8 Å². The number of hydrazone groups is 1. The van der Waals surface area contributed by atoms with Crippen molar-refractivity contribution in [2.75, 3.05) is 13.1 Å². The molecule has 0 aromatic heterocycles. The van der Waals surface area contributed by atoms with Crippen LogP contribution in [0.15, 0.2) is 5.10 Å². The minimum absolute atomic E-state index is 0.482. The second-order valence-electron chi connectivity index (χ2n) is 4.07. The first-order valence-corrected chi connectivity index (χ1v) is 7.65. The van der Waals surface area contributed by atoms with Gasteiger partial charge in [-0.15, -0.1) is 0 Å². The van der Waals surface area contributed by atoms with E-state index in [-0.39, 0.29) is 0 Å². The van der Waals surface area contributed by atoms with Crippen LogP contribution in [0.1, 0.15) is 26.7 Å². The van der Waals surface area contributed by atoms with Crippen molar-refractivity contribution in [1.29, 1.82) is 0 Å². The molecule has 3 nitrogen and oxygen atoms in total. The Hall–Kier alpha value is 0.720. The fourth-order valence-corrected chi connectivity index (χ4v) is 2.52. The summed E-state index contributed by atoms with van der Waals surface area (Å²) in [6.07, 6.45) is 3.25. The third-order valence-corrected chi connectivity index (χ3v) is 5.17. The quantitative estimate of drug-likeness (QED) is 0.687. The van der Waals surface area contributed by atoms with Gasteiger partial charge in [0.2, 0.25) is 8.13 Å². The van der Waals surface area contributed by atoms with Gasteiger partial charge in [0.05, 0.1) is 0 Å². The summed E-state index contributed by atoms with van der Waals surface area (Å²) >= 11 is 30.2. The molecule has 1 heterocycles. The first-order chi connectivity index (χ1) is 8.25. The van der Waals surface area contributed by atoms with Gasteiger partial charge in [-0.3, -0.25) is 5.01 Å². The van der Waals surface area contributed by atoms with E-state index in [9.17, 15) is 0 Å². The van der Waals surface area contributed by atoms with Crippen LogP contribution < -0.4 is 0 Å². The second-order valence-corrected chi connectivity index (χ2v) is 7.74. The van der Waals surface area contributed by atoms with Gasteiger partial charge in [0.15, 0.2) is 6.17 Å². The van der Waals surface area contributed by atoms with Crippen molar-refractivity contribution in [2.24, 2.45) is 5.10 Å². The molecular weight excluding hydrogens is 339 g/mol. The zero-order valence-electron chi connectivity index (χ0n) is 10.2. The SMILES string of the molecule is CCCCN1C=NN(CC)C1C(Cl)(Cl)C(Cl)(Cl)Cl. The van der Waals surface area contributed by atoms with Crippen molar-refractivity contribution in [3.63, 3.8) is 0 Å². The van der Waals surface area contributed by atoms with Crippen molar-refractivity contribution in [1.82, 2.24) is 9.91 Å². The number of alkyl halides is 5. The first-order valence-electron chi connectivity index (χ1n) is 5.76. The van der Waals surface area contributed by atoms with E-state index in [0.717, 1.165) is 19.4 Å². The van der Waals surface area contributed by atoms with Crippen molar-refractivity contribution < 1.29 is 0 Å². The van der Waals surface area contributed by atoms with Crippen molar-refractivity contribution >= 4 is 64.3 Å². The maximum atomic E-state index is 6.27. The number of hydrogen-bond donors (Lipinski definition) is 0. The van der Waals surface area contributed by atoms with Crippen LogP contribution in [0.5, 0.6) is 0 Å². The number of unbranched alkanes of at least 4 members (excludes halogenated alkanes) is 1. The maximum absolute atomic E-state index is 6.27. The summed E-state index contributed by atoms with van der Waals surface area (Å²) in [6, 6.07) is 0. The van der Waals surface area contributed by atoms with E-state index in [4.69, 9.17) is 58.0 Å². The predicted molar refractivity (Wildman–Crippen MR) is 81.0 cm³/mol. The van der Waals surface area contributed by atoms with E-state index in [0.29, 0.717) is 6.54 Å². The average molecular weight is 356 g/mol. The summed E-state index contributed by atoms with van der Waals surface area (Å²) < 4.78 is -3.37. The molecule has 0 radical (unpaired) electrons. The highest BCUT2D eigenvalue weighted by Crippen LogP contribution is 2.50. The summed E-state index contributed by atoms with van der Waals surface area (Å²) in [5.74, 6) is 0. The Morgan fingerprint density at radius 3 is 2.22 bits per heavy atom. The lowest BCUT2D eigenvalue weighted by molar-refractivity contribution is 0.120. The molecule has 1 rings (SSSR count). The fourth-order valence-electron chi connectivity index (χ4n) is 1.75. The minimum Gasteiger partial charge on any atom is -0.337 e. The third-order valence-electron chi connectivity index (χ3n) is 2.74. The van der Waals surface area contributed by atoms with E-state index in [1.54, 1.807) is 11.3 Å². The monoisotopic (exact) mass is 353 g/mol. The lowest BCUT2D eigenvalue weighted by Gasteiger charge is -2.41. The van der Waals surface area contributed by atoms with Crippen molar-refractivity contribution in [3.05, 3.63) is 0 Å². The lowest BCUT2D eigenvalue weighted by Crippen LogP contribution is -2.56. The van der Waals surface area contributed by atoms with Crippen LogP contribution in [0, 0.1) is 0 Å². The van der Waals surface area contributed by atoms with Gasteiger partial charge in [-0.05, 0) is 13.3 Å². The molecule has 1 aliphatic rings. The molecule has 0 spiro atoms. The van der Waals surface area contributed by atoms with Crippen LogP contribution in [0.4, 0.5) is 0 Å². The molecule has 0 aliphatic carbocycles. The standard InChI is InChI=1S/C10H16Cl5N3/c1-3-5-6-17-7-16-18(4-2)8(17)9(11,12)10(13,14)15/h7-8H,3-6H2,1-2H3. The minimum atomic E-state index is -1.80. The van der Waals surface area contributed by atoms with Gasteiger partial charge in [0.1, 0.15) is 6.34 Å². The Labute approximate surface area is 133 Å². The number of halogens is 5. The van der Waals surface area contributed by atoms with E-state index in [2.05, 4.69) is 12.0 Å². The molecule has 8 heteroatoms. The highest BCUT2D eigenvalue weighted by Gasteiger charge is 2.56. The molecule has 1 unspecified atom stereocenters. The molecule has 0 saturated heterocycles. The molecule has 0 aromatic carbocycles. The fraction of sp³-hybridized carbons (Fsp3) is 0.900. The molecule has 18 heavy (non-hydrogen) atoms. The predicted octanol–water partition coefficient (Wildman–Crippen LogP) is 4.24. The second kappa shape index (κ2) is 6.45. The summed E-state index contributed by atoms with van der Waals surface area (Å²) in [5.41, 5.74) is 0. The highest BCUT2D eigenvalue weighted by atomic mass is 35.6. The number of nitrogens with zero attached hydrogens (tertiary/aromatic N) is 3. The van der Waals surface area contributed by atoms with Gasteiger partial charge in [-0.25, -0.2) is 0 Å². The molecule has 106 valence electrons. The van der Waals surface area contributed by atoms with Crippen LogP contribution in [0.25, 0.3) is 0 Å². The largest absolute Gasteiger partial charge is 0.337 e. The molecule has 1 aliphatic heterocycles. The number of rotatable bonds is 5. The summed E-state index contributed by atoms with van der Waals surface area (Å²) in [5, 5.41) is 5.96. The van der Waals surface area contributed by atoms with Crippen molar-refractivity contribution in [3.8, 4) is 0 Å². The molecule has 0 fully saturated rings. The van der Waals surface area contributed by atoms with Crippen LogP contribution in [0.2, 0.25) is 0 Å². The van der Waals surface area contributed by atoms with Gasteiger partial charge < -0.3 is 4.90 Å². The number of hydrogen-bond acceptors (Lipinski definition) is 3. The molecule has 1 atom stereocenters. The van der Waals surface area contributed by atoms with Crippen molar-refractivity contribution in [2.45, 2.75) is 41.0 Å². The smallest absolute Gasteiger partial charge is 0.227 e. The first kappa shape index (κ1) is 16.8. The molecule has 0 N–H and O–H groups in total. The Balaban J connectivity index is 2.92.